The molecule has 110 valence electrons. The van der Waals surface area contributed by atoms with Crippen LogP contribution >= 0.6 is 0 Å². The van der Waals surface area contributed by atoms with Crippen LogP contribution in [0.3, 0.4) is 0 Å². The molecule has 0 radical (unpaired) electrons. The number of aryl methyl sites for hydroxylation is 1. The fourth-order valence-electron chi connectivity index (χ4n) is 1.14. The van der Waals surface area contributed by atoms with Crippen molar-refractivity contribution in [3.63, 3.8) is 0 Å². The van der Waals surface area contributed by atoms with Crippen molar-refractivity contribution in [2.24, 2.45) is 0 Å². The van der Waals surface area contributed by atoms with Crippen LogP contribution in [0.2, 0.25) is 0 Å². The van der Waals surface area contributed by atoms with E-state index in [0.29, 0.717) is 0 Å². The van der Waals surface area contributed by atoms with Gasteiger partial charge in [0, 0.05) is 6.04 Å². The molecule has 19 heavy (non-hydrogen) atoms. The standard InChI is InChI=1S/C7H8O3S.C6H15NO/c1-6-2-4-7(5-3-6)11(8,9)10;1-5(6(2)8)7(3)4/h2-5H,1H3,(H,8,9,10);5-6,8H,1-4H3. The molecule has 0 saturated carbocycles. The van der Waals surface area contributed by atoms with Gasteiger partial charge in [-0.15, -0.1) is 0 Å². The van der Waals surface area contributed by atoms with Crippen molar-refractivity contribution in [1.82, 2.24) is 4.90 Å². The SMILES string of the molecule is CC(O)C(C)N(C)C.Cc1ccc(S(=O)(=O)O)cc1. The Kier molecular flexibility index (Phi) is 7.21. The summed E-state index contributed by atoms with van der Waals surface area (Å²) in [6, 6.07) is 6.25. The van der Waals surface area contributed by atoms with Crippen molar-refractivity contribution in [1.29, 1.82) is 0 Å². The molecule has 0 aliphatic rings. The highest BCUT2D eigenvalue weighted by atomic mass is 32.2. The van der Waals surface area contributed by atoms with Crippen LogP contribution in [-0.4, -0.2) is 49.2 Å². The van der Waals surface area contributed by atoms with Gasteiger partial charge in [0.15, 0.2) is 0 Å². The maximum atomic E-state index is 10.5. The maximum Gasteiger partial charge on any atom is 0.294 e. The molecule has 0 fully saturated rings. The zero-order valence-electron chi connectivity index (χ0n) is 12.0. The molecule has 1 aromatic carbocycles. The van der Waals surface area contributed by atoms with Crippen LogP contribution in [-0.2, 0) is 10.1 Å². The Morgan fingerprint density at radius 2 is 1.53 bits per heavy atom. The molecule has 0 spiro atoms. The van der Waals surface area contributed by atoms with Crippen molar-refractivity contribution >= 4 is 10.1 Å². The highest BCUT2D eigenvalue weighted by Gasteiger charge is 2.09. The highest BCUT2D eigenvalue weighted by Crippen LogP contribution is 2.08. The molecule has 2 unspecified atom stereocenters. The summed E-state index contributed by atoms with van der Waals surface area (Å²) >= 11 is 0. The topological polar surface area (TPSA) is 77.8 Å². The third-order valence-corrected chi connectivity index (χ3v) is 3.70. The first-order valence-electron chi connectivity index (χ1n) is 5.94. The van der Waals surface area contributed by atoms with Gasteiger partial charge in [0.05, 0.1) is 11.0 Å². The summed E-state index contributed by atoms with van der Waals surface area (Å²) in [6.07, 6.45) is -0.231. The molecule has 1 rings (SSSR count). The molecule has 0 heterocycles. The van der Waals surface area contributed by atoms with Gasteiger partial charge in [0.25, 0.3) is 10.1 Å². The number of aliphatic hydroxyl groups excluding tert-OH is 1. The van der Waals surface area contributed by atoms with Crippen molar-refractivity contribution < 1.29 is 18.1 Å². The van der Waals surface area contributed by atoms with Crippen LogP contribution in [0.25, 0.3) is 0 Å². The van der Waals surface area contributed by atoms with Crippen LogP contribution in [0.5, 0.6) is 0 Å². The van der Waals surface area contributed by atoms with Gasteiger partial charge in [0.1, 0.15) is 0 Å². The summed E-state index contributed by atoms with van der Waals surface area (Å²) in [5, 5.41) is 8.95. The second-order valence-corrected chi connectivity index (χ2v) is 6.15. The summed E-state index contributed by atoms with van der Waals surface area (Å²) in [5.41, 5.74) is 0.956. The van der Waals surface area contributed by atoms with Gasteiger partial charge in [-0.05, 0) is 47.0 Å². The molecule has 6 heteroatoms. The first kappa shape index (κ1) is 18.0. The third-order valence-electron chi connectivity index (χ3n) is 2.83. The minimum absolute atomic E-state index is 0.0666. The lowest BCUT2D eigenvalue weighted by molar-refractivity contribution is 0.101. The molecule has 2 N–H and O–H groups in total. The molecule has 5 nitrogen and oxygen atoms in total. The average molecular weight is 289 g/mol. The largest absolute Gasteiger partial charge is 0.392 e. The van der Waals surface area contributed by atoms with Gasteiger partial charge in [0.2, 0.25) is 0 Å². The highest BCUT2D eigenvalue weighted by molar-refractivity contribution is 7.85. The Labute approximate surface area is 115 Å². The smallest absolute Gasteiger partial charge is 0.294 e. The Morgan fingerprint density at radius 3 is 1.74 bits per heavy atom. The van der Waals surface area contributed by atoms with Crippen molar-refractivity contribution in [2.45, 2.75) is 37.8 Å². The van der Waals surface area contributed by atoms with Gasteiger partial charge < -0.3 is 10.0 Å². The van der Waals surface area contributed by atoms with Gasteiger partial charge in [-0.2, -0.15) is 8.42 Å². The van der Waals surface area contributed by atoms with E-state index in [4.69, 9.17) is 9.66 Å². The second-order valence-electron chi connectivity index (χ2n) is 4.73. The first-order valence-corrected chi connectivity index (χ1v) is 7.38. The molecular formula is C13H23NO4S. The van der Waals surface area contributed by atoms with E-state index in [1.54, 1.807) is 19.1 Å². The predicted molar refractivity (Wildman–Crippen MR) is 75.8 cm³/mol. The fourth-order valence-corrected chi connectivity index (χ4v) is 1.62. The van der Waals surface area contributed by atoms with Crippen LogP contribution in [0.15, 0.2) is 29.2 Å². The lowest BCUT2D eigenvalue weighted by atomic mass is 10.2. The normalized spacial score (nSPS) is 14.5. The summed E-state index contributed by atoms with van der Waals surface area (Å²) in [7, 11) is -0.108. The van der Waals surface area contributed by atoms with E-state index < -0.39 is 10.1 Å². The molecular weight excluding hydrogens is 266 g/mol. The maximum absolute atomic E-state index is 10.5. The molecule has 2 atom stereocenters. The Hall–Kier alpha value is -0.950. The van der Waals surface area contributed by atoms with Gasteiger partial charge >= 0.3 is 0 Å². The summed E-state index contributed by atoms with van der Waals surface area (Å²) in [5.74, 6) is 0. The predicted octanol–water partition coefficient (Wildman–Crippen LogP) is 1.56. The minimum atomic E-state index is -4.02. The Morgan fingerprint density at radius 1 is 1.11 bits per heavy atom. The number of aliphatic hydroxyl groups is 1. The molecule has 1 aromatic rings. The van der Waals surface area contributed by atoms with Gasteiger partial charge in [-0.3, -0.25) is 4.55 Å². The van der Waals surface area contributed by atoms with E-state index in [0.717, 1.165) is 5.56 Å². The molecule has 0 saturated heterocycles. The summed E-state index contributed by atoms with van der Waals surface area (Å²) < 4.78 is 29.6. The van der Waals surface area contributed by atoms with Crippen molar-refractivity contribution in [3.05, 3.63) is 29.8 Å². The number of likely N-dealkylation sites (N-methyl/N-ethyl adjacent to an activating group) is 1. The van der Waals surface area contributed by atoms with E-state index in [-0.39, 0.29) is 17.0 Å². The van der Waals surface area contributed by atoms with E-state index in [1.165, 1.54) is 12.1 Å². The van der Waals surface area contributed by atoms with E-state index in [2.05, 4.69) is 0 Å². The second kappa shape index (κ2) is 7.59. The molecule has 0 bridgehead atoms. The quantitative estimate of drug-likeness (QED) is 0.826. The van der Waals surface area contributed by atoms with Crippen molar-refractivity contribution in [2.75, 3.05) is 14.1 Å². The molecule has 0 aromatic heterocycles. The van der Waals surface area contributed by atoms with Crippen molar-refractivity contribution in [3.8, 4) is 0 Å². The Bertz CT molecular complexity index is 458. The lowest BCUT2D eigenvalue weighted by Crippen LogP contribution is -2.34. The first-order chi connectivity index (χ1) is 8.55. The lowest BCUT2D eigenvalue weighted by Gasteiger charge is -2.21. The number of nitrogens with zero attached hydrogens (tertiary/aromatic N) is 1. The zero-order valence-corrected chi connectivity index (χ0v) is 12.8. The van der Waals surface area contributed by atoms with Gasteiger partial charge in [-0.25, -0.2) is 0 Å². The summed E-state index contributed by atoms with van der Waals surface area (Å²) in [6.45, 7) is 5.63. The van der Waals surface area contributed by atoms with E-state index in [9.17, 15) is 8.42 Å². The van der Waals surface area contributed by atoms with Crippen LogP contribution in [0.1, 0.15) is 19.4 Å². The monoisotopic (exact) mass is 289 g/mol. The summed E-state index contributed by atoms with van der Waals surface area (Å²) in [4.78, 5) is 1.92. The fraction of sp³-hybridized carbons (Fsp3) is 0.538. The molecule has 0 aliphatic carbocycles. The van der Waals surface area contributed by atoms with Crippen LogP contribution in [0, 0.1) is 6.92 Å². The zero-order chi connectivity index (χ0) is 15.2. The number of hydrogen-bond donors (Lipinski definition) is 2. The van der Waals surface area contributed by atoms with E-state index >= 15 is 0 Å². The number of benzene rings is 1. The van der Waals surface area contributed by atoms with Gasteiger partial charge in [-0.1, -0.05) is 17.7 Å². The average Bonchev–Trinajstić information content (AvgIpc) is 2.27. The van der Waals surface area contributed by atoms with E-state index in [1.807, 2.05) is 32.8 Å². The van der Waals surface area contributed by atoms with Crippen LogP contribution in [0.4, 0.5) is 0 Å². The van der Waals surface area contributed by atoms with Crippen LogP contribution < -0.4 is 0 Å². The molecule has 0 aliphatic heterocycles. The Balaban J connectivity index is 0.000000362. The minimum Gasteiger partial charge on any atom is -0.392 e. The molecule has 0 amide bonds. The number of hydrogen-bond acceptors (Lipinski definition) is 4. The third kappa shape index (κ3) is 7.27. The number of rotatable bonds is 3.